The maximum absolute atomic E-state index is 13.0. The fraction of sp³-hybridized carbons (Fsp3) is 0.364. The van der Waals surface area contributed by atoms with E-state index in [-0.39, 0.29) is 12.4 Å². The number of rotatable bonds is 2. The van der Waals surface area contributed by atoms with Crippen LogP contribution < -0.4 is 10.6 Å². The second kappa shape index (κ2) is 4.49. The highest BCUT2D eigenvalue weighted by Gasteiger charge is 2.23. The van der Waals surface area contributed by atoms with Gasteiger partial charge in [-0.2, -0.15) is 0 Å². The van der Waals surface area contributed by atoms with Crippen molar-refractivity contribution in [3.05, 3.63) is 29.6 Å². The third-order valence-electron chi connectivity index (χ3n) is 2.52. The lowest BCUT2D eigenvalue weighted by atomic mass is 10.1. The Hall–Kier alpha value is -1.62. The van der Waals surface area contributed by atoms with Crippen LogP contribution in [0.3, 0.4) is 0 Å². The Morgan fingerprint density at radius 2 is 2.31 bits per heavy atom. The summed E-state index contributed by atoms with van der Waals surface area (Å²) in [4.78, 5) is 13.0. The molecule has 0 aromatic heterocycles. The van der Waals surface area contributed by atoms with Crippen LogP contribution in [0.15, 0.2) is 18.2 Å². The van der Waals surface area contributed by atoms with E-state index in [2.05, 4.69) is 0 Å². The number of benzene rings is 1. The minimum atomic E-state index is -0.396. The Kier molecular flexibility index (Phi) is 3.05. The molecule has 1 amide bonds. The van der Waals surface area contributed by atoms with Crippen LogP contribution in [0.1, 0.15) is 12.0 Å². The molecule has 0 radical (unpaired) electrons. The Bertz CT molecular complexity index is 409. The largest absolute Gasteiger partial charge is 0.449 e. The number of nitrogens with two attached hydrogens (primary N) is 1. The van der Waals surface area contributed by atoms with E-state index in [9.17, 15) is 9.18 Å². The molecule has 1 saturated heterocycles. The number of hydrogen-bond acceptors (Lipinski definition) is 3. The summed E-state index contributed by atoms with van der Waals surface area (Å²) in [6, 6.07) is 4.22. The van der Waals surface area contributed by atoms with Crippen LogP contribution in [0.2, 0.25) is 0 Å². The number of halogens is 1. The average molecular weight is 224 g/mol. The summed E-state index contributed by atoms with van der Waals surface area (Å²) in [5, 5.41) is 0. The monoisotopic (exact) mass is 224 g/mol. The van der Waals surface area contributed by atoms with E-state index in [0.717, 1.165) is 6.42 Å². The molecule has 0 spiro atoms. The minimum Gasteiger partial charge on any atom is -0.449 e. The molecule has 2 N–H and O–H groups in total. The van der Waals surface area contributed by atoms with Crippen LogP contribution in [-0.2, 0) is 11.3 Å². The van der Waals surface area contributed by atoms with E-state index in [4.69, 9.17) is 10.5 Å². The van der Waals surface area contributed by atoms with Crippen molar-refractivity contribution >= 4 is 11.8 Å². The Balaban J connectivity index is 2.34. The summed E-state index contributed by atoms with van der Waals surface area (Å²) < 4.78 is 17.9. The van der Waals surface area contributed by atoms with Crippen LogP contribution >= 0.6 is 0 Å². The number of carbonyl (C=O) groups is 1. The standard InChI is InChI=1S/C11H13FN2O2/c12-9-2-3-10(8(6-9)7-13)14-4-1-5-16-11(14)15/h2-3,6H,1,4-5,7,13H2. The molecule has 1 aromatic rings. The Morgan fingerprint density at radius 1 is 1.50 bits per heavy atom. The molecule has 0 atom stereocenters. The van der Waals surface area contributed by atoms with Gasteiger partial charge in [-0.1, -0.05) is 0 Å². The summed E-state index contributed by atoms with van der Waals surface area (Å²) in [7, 11) is 0. The first-order chi connectivity index (χ1) is 7.72. The zero-order valence-electron chi connectivity index (χ0n) is 8.78. The summed E-state index contributed by atoms with van der Waals surface area (Å²) in [5.41, 5.74) is 6.77. The van der Waals surface area contributed by atoms with Crippen molar-refractivity contribution in [1.82, 2.24) is 0 Å². The maximum atomic E-state index is 13.0. The summed E-state index contributed by atoms with van der Waals surface area (Å²) in [5.74, 6) is -0.352. The van der Waals surface area contributed by atoms with Crippen molar-refractivity contribution in [3.8, 4) is 0 Å². The lowest BCUT2D eigenvalue weighted by Crippen LogP contribution is -2.38. The molecule has 0 saturated carbocycles. The highest BCUT2D eigenvalue weighted by molar-refractivity contribution is 5.89. The Labute approximate surface area is 92.8 Å². The fourth-order valence-corrected chi connectivity index (χ4v) is 1.75. The number of cyclic esters (lactones) is 1. The van der Waals surface area contributed by atoms with Crippen LogP contribution in [0.25, 0.3) is 0 Å². The van der Waals surface area contributed by atoms with Gasteiger partial charge >= 0.3 is 6.09 Å². The molecule has 0 aliphatic carbocycles. The van der Waals surface area contributed by atoms with Gasteiger partial charge in [0.25, 0.3) is 0 Å². The van der Waals surface area contributed by atoms with Gasteiger partial charge in [-0.05, 0) is 30.2 Å². The minimum absolute atomic E-state index is 0.191. The molecule has 86 valence electrons. The number of hydrogen-bond donors (Lipinski definition) is 1. The Morgan fingerprint density at radius 3 is 3.00 bits per heavy atom. The van der Waals surface area contributed by atoms with Gasteiger partial charge in [-0.25, -0.2) is 9.18 Å². The molecule has 1 aliphatic heterocycles. The van der Waals surface area contributed by atoms with Gasteiger partial charge in [0.2, 0.25) is 0 Å². The molecule has 16 heavy (non-hydrogen) atoms. The van der Waals surface area contributed by atoms with Gasteiger partial charge in [-0.3, -0.25) is 4.90 Å². The van der Waals surface area contributed by atoms with E-state index < -0.39 is 6.09 Å². The predicted octanol–water partition coefficient (Wildman–Crippen LogP) is 1.63. The first kappa shape index (κ1) is 10.9. The fourth-order valence-electron chi connectivity index (χ4n) is 1.75. The topological polar surface area (TPSA) is 55.6 Å². The summed E-state index contributed by atoms with van der Waals surface area (Å²) in [6.45, 7) is 1.21. The smallest absolute Gasteiger partial charge is 0.414 e. The van der Waals surface area contributed by atoms with Crippen LogP contribution in [0.5, 0.6) is 0 Å². The zero-order chi connectivity index (χ0) is 11.5. The van der Waals surface area contributed by atoms with Crippen molar-refractivity contribution in [2.45, 2.75) is 13.0 Å². The van der Waals surface area contributed by atoms with Crippen LogP contribution in [0.4, 0.5) is 14.9 Å². The van der Waals surface area contributed by atoms with Crippen LogP contribution in [-0.4, -0.2) is 19.2 Å². The van der Waals surface area contributed by atoms with E-state index in [1.165, 1.54) is 17.0 Å². The van der Waals surface area contributed by atoms with Crippen molar-refractivity contribution in [2.24, 2.45) is 5.73 Å². The van der Waals surface area contributed by atoms with Gasteiger partial charge in [0.15, 0.2) is 0 Å². The average Bonchev–Trinajstić information content (AvgIpc) is 2.30. The summed E-state index contributed by atoms with van der Waals surface area (Å²) >= 11 is 0. The van der Waals surface area contributed by atoms with Crippen molar-refractivity contribution < 1.29 is 13.9 Å². The predicted molar refractivity (Wildman–Crippen MR) is 57.6 cm³/mol. The number of nitrogens with zero attached hydrogens (tertiary/aromatic N) is 1. The molecular weight excluding hydrogens is 211 g/mol. The first-order valence-corrected chi connectivity index (χ1v) is 5.15. The van der Waals surface area contributed by atoms with E-state index in [0.29, 0.717) is 24.4 Å². The maximum Gasteiger partial charge on any atom is 0.414 e. The molecule has 0 bridgehead atoms. The van der Waals surface area contributed by atoms with E-state index in [1.54, 1.807) is 6.07 Å². The van der Waals surface area contributed by atoms with E-state index in [1.807, 2.05) is 0 Å². The second-order valence-electron chi connectivity index (χ2n) is 3.60. The number of amides is 1. The lowest BCUT2D eigenvalue weighted by Gasteiger charge is -2.27. The van der Waals surface area contributed by atoms with Gasteiger partial charge in [0.05, 0.1) is 12.3 Å². The summed E-state index contributed by atoms with van der Waals surface area (Å²) in [6.07, 6.45) is 0.375. The van der Waals surface area contributed by atoms with Gasteiger partial charge in [0, 0.05) is 13.1 Å². The highest BCUT2D eigenvalue weighted by atomic mass is 19.1. The van der Waals surface area contributed by atoms with Gasteiger partial charge in [0.1, 0.15) is 5.82 Å². The number of carbonyl (C=O) groups excluding carboxylic acids is 1. The van der Waals surface area contributed by atoms with Crippen molar-refractivity contribution in [1.29, 1.82) is 0 Å². The number of ether oxygens (including phenoxy) is 1. The molecule has 5 heteroatoms. The molecule has 1 fully saturated rings. The van der Waals surface area contributed by atoms with Gasteiger partial charge in [-0.15, -0.1) is 0 Å². The van der Waals surface area contributed by atoms with Crippen molar-refractivity contribution in [3.63, 3.8) is 0 Å². The third-order valence-corrected chi connectivity index (χ3v) is 2.52. The third kappa shape index (κ3) is 1.99. The quantitative estimate of drug-likeness (QED) is 0.830. The molecule has 1 aromatic carbocycles. The molecule has 2 rings (SSSR count). The number of anilines is 1. The first-order valence-electron chi connectivity index (χ1n) is 5.15. The molecule has 4 nitrogen and oxygen atoms in total. The molecule has 1 aliphatic rings. The molecule has 0 unspecified atom stereocenters. The molecular formula is C11H13FN2O2. The second-order valence-corrected chi connectivity index (χ2v) is 3.60. The van der Waals surface area contributed by atoms with Crippen molar-refractivity contribution in [2.75, 3.05) is 18.1 Å². The van der Waals surface area contributed by atoms with Gasteiger partial charge < -0.3 is 10.5 Å². The van der Waals surface area contributed by atoms with Crippen LogP contribution in [0, 0.1) is 5.82 Å². The zero-order valence-corrected chi connectivity index (χ0v) is 8.78. The highest BCUT2D eigenvalue weighted by Crippen LogP contribution is 2.24. The molecule has 1 heterocycles. The SMILES string of the molecule is NCc1cc(F)ccc1N1CCCOC1=O. The normalized spacial score (nSPS) is 16.1. The lowest BCUT2D eigenvalue weighted by molar-refractivity contribution is 0.140. The van der Waals surface area contributed by atoms with E-state index >= 15 is 0 Å².